The molecular formula is C51H67N5O17. The first-order valence-corrected chi connectivity index (χ1v) is 25.3. The molecule has 73 heavy (non-hydrogen) atoms. The quantitative estimate of drug-likeness (QED) is 0.0395. The molecular weight excluding hydrogens is 955 g/mol. The number of esters is 1. The average molecular weight is 1020 g/mol. The highest BCUT2D eigenvalue weighted by Gasteiger charge is 2.54. The number of ether oxygens (including phenoxy) is 6. The van der Waals surface area contributed by atoms with Crippen LogP contribution in [-0.2, 0) is 57.5 Å². The van der Waals surface area contributed by atoms with Gasteiger partial charge in [0.25, 0.3) is 5.69 Å². The Morgan fingerprint density at radius 3 is 2.37 bits per heavy atom. The Labute approximate surface area is 421 Å². The van der Waals surface area contributed by atoms with Crippen molar-refractivity contribution < 1.29 is 78.4 Å². The fourth-order valence-electron chi connectivity index (χ4n) is 10.8. The van der Waals surface area contributed by atoms with E-state index in [2.05, 4.69) is 10.3 Å². The standard InChI is InChI=1S/C51H67N5O17/c1-28-22-33(37(58)15-9-14-34-26-55(53-52-34)21-20-54-19-18-32-24-35(56(66)67)16-17-36(32)54)25-38(45(28)73-50-44(62)43(61)41(59)29(2)68-50)70-51-47(72-49(65)31-12-7-4-8-13-31)46(42(60)40(27-57)71-51)69-39(48(63)64)23-30-10-5-3-6-11-30/h4,7-8,12-13,16-19,24,26,28-30,33,38-47,50-51,57,59-62H,3,5-6,9-11,14-15,20-23,25,27H2,1-2H3,(H,63,64)/t28?,29?,33?,38-,39+,40+,41-,42+,43+,44?,45-,46?,47?,50+,51-/m1/s1. The van der Waals surface area contributed by atoms with E-state index in [9.17, 15) is 55.1 Å². The maximum Gasteiger partial charge on any atom is 0.338 e. The van der Waals surface area contributed by atoms with E-state index in [1.165, 1.54) is 31.2 Å². The number of non-ortho nitro benzene ring substituents is 1. The summed E-state index contributed by atoms with van der Waals surface area (Å²) >= 11 is 0. The number of aliphatic carboxylic acids is 1. The zero-order chi connectivity index (χ0) is 51.9. The van der Waals surface area contributed by atoms with Crippen LogP contribution in [0.1, 0.15) is 94.1 Å². The number of nitrogens with zero attached hydrogens (tertiary/aromatic N) is 5. The van der Waals surface area contributed by atoms with Crippen LogP contribution in [0.25, 0.3) is 10.9 Å². The molecule has 4 heterocycles. The highest BCUT2D eigenvalue weighted by molar-refractivity contribution is 5.89. The first-order valence-electron chi connectivity index (χ1n) is 25.3. The van der Waals surface area contributed by atoms with Crippen LogP contribution in [0.3, 0.4) is 0 Å². The van der Waals surface area contributed by atoms with Crippen molar-refractivity contribution in [2.75, 3.05) is 6.61 Å². The van der Waals surface area contributed by atoms with Crippen molar-refractivity contribution in [1.29, 1.82) is 0 Å². The Morgan fingerprint density at radius 1 is 0.877 bits per heavy atom. The highest BCUT2D eigenvalue weighted by Crippen LogP contribution is 2.40. The zero-order valence-electron chi connectivity index (χ0n) is 40.9. The molecule has 2 aliphatic carbocycles. The number of rotatable bonds is 21. The van der Waals surface area contributed by atoms with Gasteiger partial charge in [-0.3, -0.25) is 19.6 Å². The van der Waals surface area contributed by atoms with Gasteiger partial charge in [-0.2, -0.15) is 0 Å². The molecule has 2 saturated carbocycles. The fraction of sp³-hybridized carbons (Fsp3) is 0.627. The van der Waals surface area contributed by atoms with Crippen molar-refractivity contribution in [3.8, 4) is 0 Å². The Bertz CT molecular complexity index is 2480. The van der Waals surface area contributed by atoms with Crippen LogP contribution in [0.4, 0.5) is 5.69 Å². The molecule has 0 radical (unpaired) electrons. The molecule has 0 bridgehead atoms. The third kappa shape index (κ3) is 13.0. The number of fused-ring (bicyclic) bond motifs is 1. The van der Waals surface area contributed by atoms with Crippen LogP contribution in [0.5, 0.6) is 0 Å². The Kier molecular flexibility index (Phi) is 18.0. The third-order valence-corrected chi connectivity index (χ3v) is 14.9. The summed E-state index contributed by atoms with van der Waals surface area (Å²) in [6.45, 7) is 3.56. The minimum Gasteiger partial charge on any atom is -0.479 e. The van der Waals surface area contributed by atoms with Gasteiger partial charge in [0.2, 0.25) is 0 Å². The predicted molar refractivity (Wildman–Crippen MR) is 255 cm³/mol. The molecule has 6 N–H and O–H groups in total. The summed E-state index contributed by atoms with van der Waals surface area (Å²) in [5.41, 5.74) is 1.65. The first kappa shape index (κ1) is 54.0. The number of nitro groups is 1. The van der Waals surface area contributed by atoms with Crippen LogP contribution in [0.15, 0.2) is 67.0 Å². The molecule has 2 aromatic carbocycles. The van der Waals surface area contributed by atoms with Crippen LogP contribution in [-0.4, -0.2) is 159 Å². The summed E-state index contributed by atoms with van der Waals surface area (Å²) < 4.78 is 41.2. The molecule has 2 saturated heterocycles. The van der Waals surface area contributed by atoms with Gasteiger partial charge in [-0.1, -0.05) is 62.4 Å². The van der Waals surface area contributed by atoms with Crippen LogP contribution < -0.4 is 0 Å². The van der Waals surface area contributed by atoms with E-state index in [1.54, 1.807) is 28.9 Å². The lowest BCUT2D eigenvalue weighted by atomic mass is 9.75. The molecule has 4 aliphatic rings. The van der Waals surface area contributed by atoms with E-state index in [4.69, 9.17) is 28.4 Å². The van der Waals surface area contributed by atoms with Crippen LogP contribution in [0, 0.1) is 27.9 Å². The maximum atomic E-state index is 14.2. The molecule has 22 heteroatoms. The second-order valence-electron chi connectivity index (χ2n) is 20.0. The summed E-state index contributed by atoms with van der Waals surface area (Å²) in [6, 6.07) is 14.5. The SMILES string of the molecule is CC1O[C@@H](O[C@@H]2C(C)CC(C(=O)CCCc3cn(CCn4ccc5cc([N+](=O)[O-])ccc54)nn3)C[C@H]2O[C@@H]2O[C@@H](CO)[C@H](O)C(O[C@@H](CC3CCCCC3)C(=O)O)C2OC(=O)c2ccccc2)C(O)[C@@H](O)[C@@H]1O. The Morgan fingerprint density at radius 2 is 1.64 bits per heavy atom. The van der Waals surface area contributed by atoms with Gasteiger partial charge < -0.3 is 63.6 Å². The molecule has 22 nitrogen and oxygen atoms in total. The molecule has 8 rings (SSSR count). The van der Waals surface area contributed by atoms with Gasteiger partial charge >= 0.3 is 11.9 Å². The molecule has 0 spiro atoms. The summed E-state index contributed by atoms with van der Waals surface area (Å²) in [6.07, 6.45) is -9.09. The van der Waals surface area contributed by atoms with Crippen LogP contribution >= 0.6 is 0 Å². The number of aliphatic hydroxyl groups is 5. The number of carbonyl (C=O) groups excluding carboxylic acids is 2. The third-order valence-electron chi connectivity index (χ3n) is 14.9. The number of hydrogen-bond acceptors (Lipinski definition) is 18. The first-order chi connectivity index (χ1) is 35.1. The number of aromatic nitrogens is 4. The topological polar surface area (TPSA) is 307 Å². The number of carboxylic acid groups (broad SMARTS) is 1. The van der Waals surface area contributed by atoms with Crippen molar-refractivity contribution in [3.05, 3.63) is 88.4 Å². The molecule has 398 valence electrons. The molecule has 4 aromatic rings. The minimum absolute atomic E-state index is 0.00546. The summed E-state index contributed by atoms with van der Waals surface area (Å²) in [5, 5.41) is 85.5. The molecule has 15 atom stereocenters. The minimum atomic E-state index is -1.70. The van der Waals surface area contributed by atoms with E-state index in [0.29, 0.717) is 38.0 Å². The van der Waals surface area contributed by atoms with Crippen molar-refractivity contribution in [3.63, 3.8) is 0 Å². The number of Topliss-reactive ketones (excluding diaryl/α,β-unsaturated/α-hetero) is 1. The van der Waals surface area contributed by atoms with Gasteiger partial charge in [0.1, 0.15) is 42.4 Å². The largest absolute Gasteiger partial charge is 0.479 e. The number of carboxylic acids is 1. The highest BCUT2D eigenvalue weighted by atomic mass is 16.7. The van der Waals surface area contributed by atoms with Crippen molar-refractivity contribution in [1.82, 2.24) is 19.6 Å². The maximum absolute atomic E-state index is 14.2. The molecule has 2 aliphatic heterocycles. The Balaban J connectivity index is 0.998. The number of aryl methyl sites for hydroxylation is 3. The normalized spacial score (nSPS) is 31.5. The van der Waals surface area contributed by atoms with Gasteiger partial charge in [-0.25, -0.2) is 9.59 Å². The van der Waals surface area contributed by atoms with Crippen LogP contribution in [0.2, 0.25) is 0 Å². The van der Waals surface area contributed by atoms with E-state index >= 15 is 0 Å². The number of ketones is 1. The van der Waals surface area contributed by atoms with E-state index in [0.717, 1.165) is 43.0 Å². The lowest BCUT2D eigenvalue weighted by molar-refractivity contribution is -0.384. The number of benzene rings is 2. The molecule has 4 fully saturated rings. The van der Waals surface area contributed by atoms with Gasteiger partial charge in [0.15, 0.2) is 24.8 Å². The molecule has 0 amide bonds. The lowest BCUT2D eigenvalue weighted by Gasteiger charge is -2.48. The number of hydrogen-bond donors (Lipinski definition) is 6. The monoisotopic (exact) mass is 1020 g/mol. The van der Waals surface area contributed by atoms with Crippen molar-refractivity contribution in [2.45, 2.75) is 177 Å². The van der Waals surface area contributed by atoms with Gasteiger partial charge in [-0.15, -0.1) is 5.10 Å². The summed E-state index contributed by atoms with van der Waals surface area (Å²) in [5.74, 6) is -3.34. The van der Waals surface area contributed by atoms with E-state index < -0.39 is 115 Å². The van der Waals surface area contributed by atoms with Crippen molar-refractivity contribution in [2.24, 2.45) is 17.8 Å². The molecule has 2 aromatic heterocycles. The fourth-order valence-corrected chi connectivity index (χ4v) is 10.8. The van der Waals surface area contributed by atoms with E-state index in [1.807, 2.05) is 30.0 Å². The van der Waals surface area contributed by atoms with Gasteiger partial charge in [0, 0.05) is 54.3 Å². The lowest BCUT2D eigenvalue weighted by Crippen LogP contribution is -2.64. The van der Waals surface area contributed by atoms with Crippen molar-refractivity contribution >= 4 is 34.3 Å². The Hall–Kier alpha value is -5.27. The predicted octanol–water partition coefficient (Wildman–Crippen LogP) is 3.49. The average Bonchev–Trinajstić information content (AvgIpc) is 4.03. The molecule has 6 unspecified atom stereocenters. The van der Waals surface area contributed by atoms with Gasteiger partial charge in [-0.05, 0) is 75.1 Å². The van der Waals surface area contributed by atoms with E-state index in [-0.39, 0.29) is 42.2 Å². The van der Waals surface area contributed by atoms with Gasteiger partial charge in [0.05, 0.1) is 47.6 Å². The second kappa shape index (κ2) is 24.4. The number of aliphatic hydroxyl groups excluding tert-OH is 5. The smallest absolute Gasteiger partial charge is 0.338 e. The second-order valence-corrected chi connectivity index (χ2v) is 20.0. The number of carbonyl (C=O) groups is 3. The number of nitro benzene ring substituents is 1. The summed E-state index contributed by atoms with van der Waals surface area (Å²) in [7, 11) is 0. The summed E-state index contributed by atoms with van der Waals surface area (Å²) in [4.78, 5) is 51.7. The zero-order valence-corrected chi connectivity index (χ0v) is 40.9.